The minimum absolute atomic E-state index is 0.00458. The summed E-state index contributed by atoms with van der Waals surface area (Å²) in [5.41, 5.74) is 1.16. The molecule has 92 valence electrons. The van der Waals surface area contributed by atoms with Crippen molar-refractivity contribution in [3.05, 3.63) is 48.6 Å². The standard InChI is InChI=1S/C15H21NO/c1-5-15(17)16(11-12(2)3)13(4)14-9-7-6-8-10-14/h5-10,12-13H,1,11H2,2-4H3/t13-/m0/s1. The van der Waals surface area contributed by atoms with E-state index in [9.17, 15) is 4.79 Å². The van der Waals surface area contributed by atoms with Gasteiger partial charge in [-0.15, -0.1) is 0 Å². The Hall–Kier alpha value is -1.57. The highest BCUT2D eigenvalue weighted by atomic mass is 16.2. The van der Waals surface area contributed by atoms with Gasteiger partial charge in [0.25, 0.3) is 0 Å². The van der Waals surface area contributed by atoms with Crippen LogP contribution in [0, 0.1) is 5.92 Å². The quantitative estimate of drug-likeness (QED) is 0.711. The minimum Gasteiger partial charge on any atom is -0.332 e. The molecule has 2 nitrogen and oxygen atoms in total. The first kappa shape index (κ1) is 13.5. The van der Waals surface area contributed by atoms with Gasteiger partial charge in [-0.1, -0.05) is 50.8 Å². The van der Waals surface area contributed by atoms with E-state index in [0.717, 1.165) is 12.1 Å². The van der Waals surface area contributed by atoms with E-state index in [1.165, 1.54) is 6.08 Å². The van der Waals surface area contributed by atoms with Crippen LogP contribution in [0.1, 0.15) is 32.4 Å². The molecule has 0 saturated heterocycles. The number of hydrogen-bond acceptors (Lipinski definition) is 1. The molecule has 2 heteroatoms. The summed E-state index contributed by atoms with van der Waals surface area (Å²) in [6.45, 7) is 10.6. The first-order valence-corrected chi connectivity index (χ1v) is 6.04. The summed E-state index contributed by atoms with van der Waals surface area (Å²) < 4.78 is 0. The van der Waals surface area contributed by atoms with Crippen LogP contribution in [0.5, 0.6) is 0 Å². The molecule has 1 atom stereocenters. The Morgan fingerprint density at radius 1 is 1.29 bits per heavy atom. The van der Waals surface area contributed by atoms with Crippen molar-refractivity contribution >= 4 is 5.91 Å². The normalized spacial score (nSPS) is 12.2. The lowest BCUT2D eigenvalue weighted by atomic mass is 10.1. The molecule has 0 aliphatic heterocycles. The van der Waals surface area contributed by atoms with E-state index in [0.29, 0.717) is 5.92 Å². The van der Waals surface area contributed by atoms with Crippen molar-refractivity contribution in [2.24, 2.45) is 5.92 Å². The van der Waals surface area contributed by atoms with Gasteiger partial charge in [-0.25, -0.2) is 0 Å². The number of hydrogen-bond donors (Lipinski definition) is 0. The maximum atomic E-state index is 11.9. The summed E-state index contributed by atoms with van der Waals surface area (Å²) in [4.78, 5) is 13.7. The Kier molecular flexibility index (Phi) is 4.95. The summed E-state index contributed by atoms with van der Waals surface area (Å²) in [6.07, 6.45) is 1.39. The van der Waals surface area contributed by atoms with Crippen LogP contribution in [0.2, 0.25) is 0 Å². The lowest BCUT2D eigenvalue weighted by molar-refractivity contribution is -0.128. The van der Waals surface area contributed by atoms with Crippen molar-refractivity contribution < 1.29 is 4.79 Å². The predicted octanol–water partition coefficient (Wildman–Crippen LogP) is 3.42. The maximum absolute atomic E-state index is 11.9. The zero-order chi connectivity index (χ0) is 12.8. The molecule has 0 heterocycles. The molecule has 0 N–H and O–H groups in total. The number of carbonyl (C=O) groups excluding carboxylic acids is 1. The van der Waals surface area contributed by atoms with Crippen LogP contribution < -0.4 is 0 Å². The second kappa shape index (κ2) is 6.24. The lowest BCUT2D eigenvalue weighted by Gasteiger charge is -2.30. The van der Waals surface area contributed by atoms with E-state index in [-0.39, 0.29) is 11.9 Å². The van der Waals surface area contributed by atoms with Crippen molar-refractivity contribution in [1.29, 1.82) is 0 Å². The number of nitrogens with zero attached hydrogens (tertiary/aromatic N) is 1. The molecule has 0 aliphatic rings. The Bertz CT molecular complexity index is 370. The Balaban J connectivity index is 2.90. The summed E-state index contributed by atoms with van der Waals surface area (Å²) in [6, 6.07) is 10.2. The molecule has 0 bridgehead atoms. The highest BCUT2D eigenvalue weighted by molar-refractivity contribution is 5.87. The second-order valence-electron chi connectivity index (χ2n) is 4.68. The van der Waals surface area contributed by atoms with Crippen molar-refractivity contribution in [3.8, 4) is 0 Å². The zero-order valence-electron chi connectivity index (χ0n) is 10.9. The largest absolute Gasteiger partial charge is 0.332 e. The molecule has 0 unspecified atom stereocenters. The van der Waals surface area contributed by atoms with Gasteiger partial charge in [0.1, 0.15) is 0 Å². The van der Waals surface area contributed by atoms with Gasteiger partial charge in [-0.3, -0.25) is 4.79 Å². The smallest absolute Gasteiger partial charge is 0.246 e. The molecule has 0 fully saturated rings. The third-order valence-electron chi connectivity index (χ3n) is 2.77. The highest BCUT2D eigenvalue weighted by Crippen LogP contribution is 2.21. The molecule has 1 aromatic rings. The third-order valence-corrected chi connectivity index (χ3v) is 2.77. The summed E-state index contributed by atoms with van der Waals surface area (Å²) in [5, 5.41) is 0. The van der Waals surface area contributed by atoms with Gasteiger partial charge in [-0.2, -0.15) is 0 Å². The van der Waals surface area contributed by atoms with Crippen molar-refractivity contribution in [3.63, 3.8) is 0 Å². The van der Waals surface area contributed by atoms with Crippen LogP contribution in [0.25, 0.3) is 0 Å². The fourth-order valence-electron chi connectivity index (χ4n) is 1.86. The van der Waals surface area contributed by atoms with Crippen molar-refractivity contribution in [2.75, 3.05) is 6.54 Å². The molecule has 0 aliphatic carbocycles. The van der Waals surface area contributed by atoms with Gasteiger partial charge in [0.15, 0.2) is 0 Å². The monoisotopic (exact) mass is 231 g/mol. The van der Waals surface area contributed by atoms with Crippen molar-refractivity contribution in [1.82, 2.24) is 4.90 Å². The van der Waals surface area contributed by atoms with E-state index in [1.54, 1.807) is 0 Å². The van der Waals surface area contributed by atoms with E-state index >= 15 is 0 Å². The average molecular weight is 231 g/mol. The van der Waals surface area contributed by atoms with Gasteiger partial charge in [0, 0.05) is 6.54 Å². The SMILES string of the molecule is C=CC(=O)N(CC(C)C)[C@@H](C)c1ccccc1. The van der Waals surface area contributed by atoms with E-state index in [1.807, 2.05) is 35.2 Å². The van der Waals surface area contributed by atoms with Crippen LogP contribution in [-0.4, -0.2) is 17.4 Å². The number of carbonyl (C=O) groups is 1. The van der Waals surface area contributed by atoms with Gasteiger partial charge in [0.2, 0.25) is 5.91 Å². The van der Waals surface area contributed by atoms with Gasteiger partial charge >= 0.3 is 0 Å². The fraction of sp³-hybridized carbons (Fsp3) is 0.400. The third kappa shape index (κ3) is 3.74. The topological polar surface area (TPSA) is 20.3 Å². The van der Waals surface area contributed by atoms with Crippen molar-refractivity contribution in [2.45, 2.75) is 26.8 Å². The molecule has 17 heavy (non-hydrogen) atoms. The van der Waals surface area contributed by atoms with Gasteiger partial charge in [-0.05, 0) is 24.5 Å². The molecule has 0 radical (unpaired) electrons. The summed E-state index contributed by atoms with van der Waals surface area (Å²) in [5.74, 6) is 0.445. The highest BCUT2D eigenvalue weighted by Gasteiger charge is 2.19. The first-order chi connectivity index (χ1) is 8.06. The lowest BCUT2D eigenvalue weighted by Crippen LogP contribution is -2.35. The Morgan fingerprint density at radius 2 is 1.88 bits per heavy atom. The predicted molar refractivity (Wildman–Crippen MR) is 71.6 cm³/mol. The summed E-state index contributed by atoms with van der Waals surface area (Å²) in [7, 11) is 0. The summed E-state index contributed by atoms with van der Waals surface area (Å²) >= 11 is 0. The first-order valence-electron chi connectivity index (χ1n) is 6.04. The molecule has 1 rings (SSSR count). The molecule has 0 spiro atoms. The van der Waals surface area contributed by atoms with Gasteiger partial charge in [0.05, 0.1) is 6.04 Å². The Labute approximate surface area is 104 Å². The van der Waals surface area contributed by atoms with E-state index in [2.05, 4.69) is 27.4 Å². The maximum Gasteiger partial charge on any atom is 0.246 e. The number of rotatable bonds is 5. The van der Waals surface area contributed by atoms with Crippen LogP contribution in [0.3, 0.4) is 0 Å². The van der Waals surface area contributed by atoms with Gasteiger partial charge < -0.3 is 4.90 Å². The van der Waals surface area contributed by atoms with E-state index < -0.39 is 0 Å². The van der Waals surface area contributed by atoms with Crippen LogP contribution in [-0.2, 0) is 4.79 Å². The van der Waals surface area contributed by atoms with Crippen LogP contribution in [0.4, 0.5) is 0 Å². The minimum atomic E-state index is -0.00458. The molecular weight excluding hydrogens is 210 g/mol. The van der Waals surface area contributed by atoms with E-state index in [4.69, 9.17) is 0 Å². The molecule has 1 amide bonds. The molecule has 0 saturated carbocycles. The van der Waals surface area contributed by atoms with Crippen LogP contribution in [0.15, 0.2) is 43.0 Å². The second-order valence-corrected chi connectivity index (χ2v) is 4.68. The zero-order valence-corrected chi connectivity index (χ0v) is 10.9. The van der Waals surface area contributed by atoms with Crippen LogP contribution >= 0.6 is 0 Å². The fourth-order valence-corrected chi connectivity index (χ4v) is 1.86. The number of benzene rings is 1. The molecular formula is C15H21NO. The number of amides is 1. The average Bonchev–Trinajstić information content (AvgIpc) is 2.35. The Morgan fingerprint density at radius 3 is 2.35 bits per heavy atom. The molecule has 0 aromatic heterocycles. The molecule has 1 aromatic carbocycles.